The van der Waals surface area contributed by atoms with Gasteiger partial charge in [-0.1, -0.05) is 12.1 Å². The Morgan fingerprint density at radius 2 is 2.00 bits per heavy atom. The third-order valence-electron chi connectivity index (χ3n) is 5.49. The molecule has 2 amide bonds. The van der Waals surface area contributed by atoms with E-state index in [9.17, 15) is 22.4 Å². The third kappa shape index (κ3) is 4.26. The number of rotatable bonds is 3. The molecule has 2 aliphatic heterocycles. The van der Waals surface area contributed by atoms with Gasteiger partial charge in [-0.2, -0.15) is 0 Å². The van der Waals surface area contributed by atoms with E-state index >= 15 is 0 Å². The molecule has 1 N–H and O–H groups in total. The summed E-state index contributed by atoms with van der Waals surface area (Å²) >= 11 is 0. The molecule has 0 saturated carbocycles. The highest BCUT2D eigenvalue weighted by atomic mass is 19.4. The van der Waals surface area contributed by atoms with Crippen molar-refractivity contribution in [1.82, 2.24) is 9.97 Å². The van der Waals surface area contributed by atoms with Gasteiger partial charge < -0.3 is 15.0 Å². The number of nitrogens with one attached hydrogen (secondary N) is 1. The lowest BCUT2D eigenvalue weighted by Crippen LogP contribution is -2.48. The Bertz CT molecular complexity index is 1220. The van der Waals surface area contributed by atoms with Crippen molar-refractivity contribution >= 4 is 23.2 Å². The van der Waals surface area contributed by atoms with Crippen molar-refractivity contribution < 1.29 is 27.1 Å². The number of hydrogen-bond donors (Lipinski definition) is 1. The van der Waals surface area contributed by atoms with Crippen LogP contribution in [0.15, 0.2) is 54.9 Å². The molecule has 0 spiro atoms. The summed E-state index contributed by atoms with van der Waals surface area (Å²) in [6.07, 6.45) is -1.72. The molecule has 11 heteroatoms. The Balaban J connectivity index is 1.49. The van der Waals surface area contributed by atoms with Gasteiger partial charge in [0.2, 0.25) is 0 Å². The molecular formula is C22H17F4N5O2. The average Bonchev–Trinajstić information content (AvgIpc) is 3.17. The normalized spacial score (nSPS) is 17.0. The molecular weight excluding hydrogens is 442 g/mol. The second-order valence-corrected chi connectivity index (χ2v) is 7.70. The standard InChI is InChI=1S/C22H17F4N5O2/c23-14-9-15(11-27-10-14)28-21(32)31-16-6-7-30(12-16)19-5-4-18(29-20(19)31)13-2-1-3-17(8-13)33-22(24,25)26/h1-5,8-11,16H,6-7,12H2,(H,28,32)/t16-/m0/s1. The summed E-state index contributed by atoms with van der Waals surface area (Å²) in [5.74, 6) is -0.568. The Morgan fingerprint density at radius 1 is 1.15 bits per heavy atom. The summed E-state index contributed by atoms with van der Waals surface area (Å²) in [5, 5.41) is 2.65. The van der Waals surface area contributed by atoms with Crippen LogP contribution in [0.3, 0.4) is 0 Å². The van der Waals surface area contributed by atoms with Gasteiger partial charge in [-0.25, -0.2) is 14.2 Å². The number of pyridine rings is 2. The number of nitrogens with zero attached hydrogens (tertiary/aromatic N) is 4. The number of aromatic nitrogens is 2. The van der Waals surface area contributed by atoms with Gasteiger partial charge in [-0.15, -0.1) is 13.2 Å². The van der Waals surface area contributed by atoms with Crippen LogP contribution in [0, 0.1) is 5.82 Å². The zero-order chi connectivity index (χ0) is 23.2. The fourth-order valence-corrected chi connectivity index (χ4v) is 4.15. The highest BCUT2D eigenvalue weighted by molar-refractivity contribution is 6.04. The summed E-state index contributed by atoms with van der Waals surface area (Å²) in [6, 6.07) is 9.49. The summed E-state index contributed by atoms with van der Waals surface area (Å²) in [5.41, 5.74) is 1.73. The van der Waals surface area contributed by atoms with E-state index in [0.717, 1.165) is 30.9 Å². The molecule has 170 valence electrons. The number of alkyl halides is 3. The smallest absolute Gasteiger partial charge is 0.406 e. The van der Waals surface area contributed by atoms with Crippen LogP contribution in [0.1, 0.15) is 6.42 Å². The number of anilines is 3. The van der Waals surface area contributed by atoms with E-state index in [2.05, 4.69) is 24.9 Å². The first-order valence-corrected chi connectivity index (χ1v) is 10.1. The quantitative estimate of drug-likeness (QED) is 0.570. The largest absolute Gasteiger partial charge is 0.573 e. The number of urea groups is 1. The van der Waals surface area contributed by atoms with Crippen LogP contribution >= 0.6 is 0 Å². The van der Waals surface area contributed by atoms with Crippen molar-refractivity contribution in [3.8, 4) is 17.0 Å². The van der Waals surface area contributed by atoms with Crippen molar-refractivity contribution in [1.29, 1.82) is 0 Å². The predicted molar refractivity (Wildman–Crippen MR) is 113 cm³/mol. The van der Waals surface area contributed by atoms with Gasteiger partial charge in [0.25, 0.3) is 0 Å². The van der Waals surface area contributed by atoms with Gasteiger partial charge in [-0.3, -0.25) is 9.88 Å². The molecule has 0 aliphatic carbocycles. The fourth-order valence-electron chi connectivity index (χ4n) is 4.15. The molecule has 0 unspecified atom stereocenters. The van der Waals surface area contributed by atoms with E-state index in [4.69, 9.17) is 0 Å². The molecule has 33 heavy (non-hydrogen) atoms. The van der Waals surface area contributed by atoms with Crippen LogP contribution in [0.2, 0.25) is 0 Å². The molecule has 1 saturated heterocycles. The van der Waals surface area contributed by atoms with Gasteiger partial charge >= 0.3 is 12.4 Å². The number of ether oxygens (including phenoxy) is 1. The topological polar surface area (TPSA) is 70.6 Å². The molecule has 1 atom stereocenters. The van der Waals surface area contributed by atoms with E-state index in [0.29, 0.717) is 23.6 Å². The van der Waals surface area contributed by atoms with Gasteiger partial charge in [0.05, 0.1) is 35.5 Å². The highest BCUT2D eigenvalue weighted by Crippen LogP contribution is 2.40. The monoisotopic (exact) mass is 459 g/mol. The summed E-state index contributed by atoms with van der Waals surface area (Å²) in [6.45, 7) is 1.36. The van der Waals surface area contributed by atoms with Crippen molar-refractivity contribution in [3.05, 3.63) is 60.7 Å². The lowest BCUT2D eigenvalue weighted by molar-refractivity contribution is -0.274. The van der Waals surface area contributed by atoms with Gasteiger partial charge in [0.15, 0.2) is 5.82 Å². The molecule has 2 bridgehead atoms. The highest BCUT2D eigenvalue weighted by Gasteiger charge is 2.40. The molecule has 3 aromatic rings. The van der Waals surface area contributed by atoms with Gasteiger partial charge in [0, 0.05) is 24.7 Å². The SMILES string of the molecule is O=C(Nc1cncc(F)c1)N1c2nc(-c3cccc(OC(F)(F)F)c3)ccc2N2CC[C@H]1C2. The van der Waals surface area contributed by atoms with Gasteiger partial charge in [-0.05, 0) is 30.7 Å². The molecule has 4 heterocycles. The number of halogens is 4. The van der Waals surface area contributed by atoms with Crippen molar-refractivity contribution in [3.63, 3.8) is 0 Å². The second-order valence-electron chi connectivity index (χ2n) is 7.70. The van der Waals surface area contributed by atoms with Crippen LogP contribution in [0.4, 0.5) is 39.5 Å². The maximum absolute atomic E-state index is 13.5. The van der Waals surface area contributed by atoms with E-state index in [1.807, 2.05) is 0 Å². The first-order valence-electron chi connectivity index (χ1n) is 10.1. The molecule has 7 nitrogen and oxygen atoms in total. The average molecular weight is 459 g/mol. The first-order chi connectivity index (χ1) is 15.8. The zero-order valence-electron chi connectivity index (χ0n) is 17.0. The zero-order valence-corrected chi connectivity index (χ0v) is 17.0. The molecule has 0 radical (unpaired) electrons. The van der Waals surface area contributed by atoms with E-state index in [-0.39, 0.29) is 17.5 Å². The van der Waals surface area contributed by atoms with Crippen LogP contribution < -0.4 is 19.9 Å². The van der Waals surface area contributed by atoms with Crippen LogP contribution in [0.5, 0.6) is 5.75 Å². The molecule has 2 aliphatic rings. The Kier molecular flexibility index (Phi) is 5.03. The fraction of sp³-hybridized carbons (Fsp3) is 0.227. The molecule has 1 fully saturated rings. The summed E-state index contributed by atoms with van der Waals surface area (Å²) in [7, 11) is 0. The van der Waals surface area contributed by atoms with Crippen LogP contribution in [-0.4, -0.2) is 41.5 Å². The van der Waals surface area contributed by atoms with Crippen LogP contribution in [-0.2, 0) is 0 Å². The number of benzene rings is 1. The number of fused-ring (bicyclic) bond motifs is 4. The molecule has 2 aromatic heterocycles. The van der Waals surface area contributed by atoms with E-state index in [1.165, 1.54) is 29.3 Å². The maximum Gasteiger partial charge on any atom is 0.573 e. The van der Waals surface area contributed by atoms with Crippen molar-refractivity contribution in [2.75, 3.05) is 28.2 Å². The number of carbonyl (C=O) groups is 1. The van der Waals surface area contributed by atoms with Crippen molar-refractivity contribution in [2.45, 2.75) is 18.8 Å². The Labute approximate surface area is 185 Å². The number of carbonyl (C=O) groups excluding carboxylic acids is 1. The minimum atomic E-state index is -4.81. The number of hydrogen-bond acceptors (Lipinski definition) is 5. The summed E-state index contributed by atoms with van der Waals surface area (Å²) < 4.78 is 55.4. The van der Waals surface area contributed by atoms with E-state index < -0.39 is 18.2 Å². The minimum absolute atomic E-state index is 0.151. The third-order valence-corrected chi connectivity index (χ3v) is 5.49. The molecule has 1 aromatic carbocycles. The van der Waals surface area contributed by atoms with Crippen molar-refractivity contribution in [2.24, 2.45) is 0 Å². The first kappa shape index (κ1) is 21.0. The maximum atomic E-state index is 13.5. The van der Waals surface area contributed by atoms with Gasteiger partial charge in [0.1, 0.15) is 11.6 Å². The summed E-state index contributed by atoms with van der Waals surface area (Å²) in [4.78, 5) is 25.1. The van der Waals surface area contributed by atoms with E-state index in [1.54, 1.807) is 18.2 Å². The number of amides is 2. The Morgan fingerprint density at radius 3 is 2.79 bits per heavy atom. The lowest BCUT2D eigenvalue weighted by atomic mass is 10.1. The Hall–Kier alpha value is -3.89. The molecule has 5 rings (SSSR count). The van der Waals surface area contributed by atoms with Crippen LogP contribution in [0.25, 0.3) is 11.3 Å². The lowest BCUT2D eigenvalue weighted by Gasteiger charge is -2.35. The second kappa shape index (κ2) is 7.91. The predicted octanol–water partition coefficient (Wildman–Crippen LogP) is 4.81. The minimum Gasteiger partial charge on any atom is -0.406 e.